The third kappa shape index (κ3) is 4.01. The molecule has 0 spiro atoms. The van der Waals surface area contributed by atoms with Gasteiger partial charge in [-0.05, 0) is 19.1 Å². The van der Waals surface area contributed by atoms with E-state index in [2.05, 4.69) is 22.2 Å². The molecule has 6 nitrogen and oxygen atoms in total. The Morgan fingerprint density at radius 3 is 2.67 bits per heavy atom. The van der Waals surface area contributed by atoms with Gasteiger partial charge in [-0.25, -0.2) is 4.98 Å². The number of hydrogen-bond donors (Lipinski definition) is 2. The number of fused-ring (bicyclic) bond motifs is 1. The summed E-state index contributed by atoms with van der Waals surface area (Å²) in [6, 6.07) is 7.33. The molecule has 128 valence electrons. The second-order valence-corrected chi connectivity index (χ2v) is 6.02. The Bertz CT molecular complexity index is 749. The summed E-state index contributed by atoms with van der Waals surface area (Å²) < 4.78 is 1.85. The Morgan fingerprint density at radius 1 is 1.29 bits per heavy atom. The van der Waals surface area contributed by atoms with Gasteiger partial charge < -0.3 is 15.2 Å². The maximum atomic E-state index is 12.1. The van der Waals surface area contributed by atoms with Gasteiger partial charge in [0.15, 0.2) is 0 Å². The van der Waals surface area contributed by atoms with Gasteiger partial charge in [0.05, 0.1) is 17.1 Å². The highest BCUT2D eigenvalue weighted by molar-refractivity contribution is 5.82. The van der Waals surface area contributed by atoms with Crippen molar-refractivity contribution in [3.8, 4) is 0 Å². The fourth-order valence-electron chi connectivity index (χ4n) is 2.42. The summed E-state index contributed by atoms with van der Waals surface area (Å²) in [6.45, 7) is 9.71. The van der Waals surface area contributed by atoms with Crippen LogP contribution in [-0.4, -0.2) is 27.9 Å². The summed E-state index contributed by atoms with van der Waals surface area (Å²) in [4.78, 5) is 28.7. The summed E-state index contributed by atoms with van der Waals surface area (Å²) in [7, 11) is 0. The van der Waals surface area contributed by atoms with Gasteiger partial charge in [-0.3, -0.25) is 9.59 Å². The maximum absolute atomic E-state index is 12.1. The van der Waals surface area contributed by atoms with Crippen LogP contribution in [0.4, 0.5) is 0 Å². The van der Waals surface area contributed by atoms with Crippen molar-refractivity contribution >= 4 is 22.8 Å². The highest BCUT2D eigenvalue weighted by atomic mass is 16.2. The molecule has 0 radical (unpaired) electrons. The Morgan fingerprint density at radius 2 is 2.00 bits per heavy atom. The van der Waals surface area contributed by atoms with Gasteiger partial charge in [0.2, 0.25) is 11.8 Å². The summed E-state index contributed by atoms with van der Waals surface area (Å²) in [5.41, 5.74) is 1.67. The van der Waals surface area contributed by atoms with E-state index in [-0.39, 0.29) is 30.3 Å². The van der Waals surface area contributed by atoms with E-state index in [1.165, 1.54) is 0 Å². The number of carbonyl (C=O) groups excluding carboxylic acids is 2. The van der Waals surface area contributed by atoms with E-state index in [1.54, 1.807) is 6.08 Å². The summed E-state index contributed by atoms with van der Waals surface area (Å²) in [5.74, 6) is 0.388. The predicted molar refractivity (Wildman–Crippen MR) is 94.3 cm³/mol. The number of benzene rings is 1. The minimum Gasteiger partial charge on any atom is -0.351 e. The third-order valence-electron chi connectivity index (χ3n) is 3.70. The minimum absolute atomic E-state index is 0.0442. The number of amides is 2. The molecular weight excluding hydrogens is 304 g/mol. The van der Waals surface area contributed by atoms with E-state index in [0.717, 1.165) is 11.0 Å². The standard InChI is InChI=1S/C18H24N4O2/c1-5-10-19-16(23)11-22-15-9-7-6-8-14(15)21-17(22)13(4)20-18(24)12(2)3/h5-9,12-13H,1,10-11H2,2-4H3,(H,19,23)(H,20,24). The molecule has 1 atom stereocenters. The Kier molecular flexibility index (Phi) is 5.73. The van der Waals surface area contributed by atoms with Crippen molar-refractivity contribution in [2.75, 3.05) is 6.54 Å². The van der Waals surface area contributed by atoms with Gasteiger partial charge in [0.25, 0.3) is 0 Å². The molecule has 0 saturated heterocycles. The van der Waals surface area contributed by atoms with Crippen LogP contribution in [0.1, 0.15) is 32.6 Å². The largest absolute Gasteiger partial charge is 0.351 e. The van der Waals surface area contributed by atoms with Crippen LogP contribution in [0.15, 0.2) is 36.9 Å². The van der Waals surface area contributed by atoms with Gasteiger partial charge in [0.1, 0.15) is 12.4 Å². The van der Waals surface area contributed by atoms with Crippen molar-refractivity contribution in [2.24, 2.45) is 5.92 Å². The highest BCUT2D eigenvalue weighted by Gasteiger charge is 2.20. The Labute approximate surface area is 141 Å². The number of hydrogen-bond acceptors (Lipinski definition) is 3. The molecule has 0 aliphatic heterocycles. The van der Waals surface area contributed by atoms with Gasteiger partial charge in [0, 0.05) is 12.5 Å². The van der Waals surface area contributed by atoms with Crippen LogP contribution in [0.5, 0.6) is 0 Å². The fourth-order valence-corrected chi connectivity index (χ4v) is 2.42. The average Bonchev–Trinajstić information content (AvgIpc) is 2.91. The molecule has 1 aromatic heterocycles. The summed E-state index contributed by atoms with van der Waals surface area (Å²) >= 11 is 0. The van der Waals surface area contributed by atoms with Crippen molar-refractivity contribution in [3.63, 3.8) is 0 Å². The average molecular weight is 328 g/mol. The molecule has 2 N–H and O–H groups in total. The molecule has 6 heteroatoms. The first-order valence-corrected chi connectivity index (χ1v) is 8.07. The Balaban J connectivity index is 2.34. The number of rotatable bonds is 7. The number of aromatic nitrogens is 2. The van der Waals surface area contributed by atoms with Crippen LogP contribution in [0.25, 0.3) is 11.0 Å². The first-order chi connectivity index (χ1) is 11.4. The minimum atomic E-state index is -0.292. The van der Waals surface area contributed by atoms with Crippen molar-refractivity contribution in [3.05, 3.63) is 42.7 Å². The van der Waals surface area contributed by atoms with Crippen LogP contribution >= 0.6 is 0 Å². The van der Waals surface area contributed by atoms with Crippen LogP contribution in [-0.2, 0) is 16.1 Å². The smallest absolute Gasteiger partial charge is 0.240 e. The molecule has 1 aromatic carbocycles. The van der Waals surface area contributed by atoms with E-state index in [9.17, 15) is 9.59 Å². The summed E-state index contributed by atoms with van der Waals surface area (Å²) in [5, 5.41) is 5.71. The normalized spacial score (nSPS) is 12.2. The molecule has 1 heterocycles. The maximum Gasteiger partial charge on any atom is 0.240 e. The van der Waals surface area contributed by atoms with E-state index >= 15 is 0 Å². The zero-order valence-corrected chi connectivity index (χ0v) is 14.4. The van der Waals surface area contributed by atoms with Crippen molar-refractivity contribution in [2.45, 2.75) is 33.4 Å². The molecule has 1 unspecified atom stereocenters. The number of nitrogens with one attached hydrogen (secondary N) is 2. The molecule has 0 fully saturated rings. The lowest BCUT2D eigenvalue weighted by atomic mass is 10.2. The first kappa shape index (κ1) is 17.7. The molecule has 2 rings (SSSR count). The van der Waals surface area contributed by atoms with Crippen molar-refractivity contribution < 1.29 is 9.59 Å². The number of carbonyl (C=O) groups is 2. The molecular formula is C18H24N4O2. The van der Waals surface area contributed by atoms with Crippen LogP contribution < -0.4 is 10.6 Å². The van der Waals surface area contributed by atoms with Crippen LogP contribution in [0, 0.1) is 5.92 Å². The van der Waals surface area contributed by atoms with Crippen molar-refractivity contribution in [1.82, 2.24) is 20.2 Å². The topological polar surface area (TPSA) is 76.0 Å². The van der Waals surface area contributed by atoms with E-state index in [1.807, 2.05) is 49.6 Å². The molecule has 0 aliphatic rings. The third-order valence-corrected chi connectivity index (χ3v) is 3.70. The number of para-hydroxylation sites is 2. The highest BCUT2D eigenvalue weighted by Crippen LogP contribution is 2.21. The van der Waals surface area contributed by atoms with E-state index in [0.29, 0.717) is 12.4 Å². The molecule has 24 heavy (non-hydrogen) atoms. The lowest BCUT2D eigenvalue weighted by molar-refractivity contribution is -0.124. The Hall–Kier alpha value is -2.63. The molecule has 0 aliphatic carbocycles. The number of nitrogens with zero attached hydrogens (tertiary/aromatic N) is 2. The van der Waals surface area contributed by atoms with Gasteiger partial charge >= 0.3 is 0 Å². The lowest BCUT2D eigenvalue weighted by Gasteiger charge is -2.17. The summed E-state index contributed by atoms with van der Waals surface area (Å²) in [6.07, 6.45) is 1.64. The second-order valence-electron chi connectivity index (χ2n) is 6.02. The first-order valence-electron chi connectivity index (χ1n) is 8.07. The molecule has 2 aromatic rings. The number of imidazole rings is 1. The zero-order chi connectivity index (χ0) is 17.7. The van der Waals surface area contributed by atoms with E-state index < -0.39 is 0 Å². The van der Waals surface area contributed by atoms with Crippen LogP contribution in [0.2, 0.25) is 0 Å². The van der Waals surface area contributed by atoms with Gasteiger partial charge in [-0.1, -0.05) is 32.1 Å². The predicted octanol–water partition coefficient (Wildman–Crippen LogP) is 2.17. The van der Waals surface area contributed by atoms with Crippen molar-refractivity contribution in [1.29, 1.82) is 0 Å². The molecule has 0 bridgehead atoms. The SMILES string of the molecule is C=CCNC(=O)Cn1c(C(C)NC(=O)C(C)C)nc2ccccc21. The van der Waals surface area contributed by atoms with E-state index in [4.69, 9.17) is 0 Å². The monoisotopic (exact) mass is 328 g/mol. The van der Waals surface area contributed by atoms with Gasteiger partial charge in [-0.15, -0.1) is 6.58 Å². The quantitative estimate of drug-likeness (QED) is 0.765. The fraction of sp³-hybridized carbons (Fsp3) is 0.389. The van der Waals surface area contributed by atoms with Gasteiger partial charge in [-0.2, -0.15) is 0 Å². The molecule has 0 saturated carbocycles. The zero-order valence-electron chi connectivity index (χ0n) is 14.4. The van der Waals surface area contributed by atoms with Crippen LogP contribution in [0.3, 0.4) is 0 Å². The second kappa shape index (κ2) is 7.77. The molecule has 2 amide bonds. The lowest BCUT2D eigenvalue weighted by Crippen LogP contribution is -2.33.